The maximum absolute atomic E-state index is 12.1. The van der Waals surface area contributed by atoms with Crippen molar-refractivity contribution in [1.29, 1.82) is 0 Å². The van der Waals surface area contributed by atoms with Gasteiger partial charge in [0.05, 0.1) is 0 Å². The van der Waals surface area contributed by atoms with Crippen LogP contribution in [0.15, 0.2) is 66.7 Å². The molecule has 0 saturated heterocycles. The van der Waals surface area contributed by atoms with E-state index in [-0.39, 0.29) is 12.1 Å². The van der Waals surface area contributed by atoms with E-state index in [9.17, 15) is 4.79 Å². The molecule has 0 aliphatic rings. The predicted molar refractivity (Wildman–Crippen MR) is 120 cm³/mol. The fourth-order valence-corrected chi connectivity index (χ4v) is 3.53. The Kier molecular flexibility index (Phi) is 7.29. The number of fused-ring (bicyclic) bond motifs is 2. The van der Waals surface area contributed by atoms with E-state index < -0.39 is 0 Å². The standard InChI is InChI=1S/C26H30O3/c1-4-5-6-7-14-22(29-26(27)19(2)3)18-28-25-23-15-10-8-12-20(23)17-21-13-9-11-16-24(21)25/h8-13,15-17,22H,2,4-7,14,18H2,1,3H3. The van der Waals surface area contributed by atoms with Gasteiger partial charge in [-0.05, 0) is 36.6 Å². The van der Waals surface area contributed by atoms with Crippen LogP contribution in [0.1, 0.15) is 46.0 Å². The number of unbranched alkanes of at least 4 members (excludes halogenated alkanes) is 3. The van der Waals surface area contributed by atoms with Crippen molar-refractivity contribution in [3.05, 3.63) is 66.7 Å². The van der Waals surface area contributed by atoms with E-state index in [0.717, 1.165) is 46.6 Å². The molecule has 1 atom stereocenters. The average Bonchev–Trinajstić information content (AvgIpc) is 2.73. The third-order valence-corrected chi connectivity index (χ3v) is 5.14. The van der Waals surface area contributed by atoms with Gasteiger partial charge in [0, 0.05) is 16.3 Å². The van der Waals surface area contributed by atoms with Gasteiger partial charge in [-0.2, -0.15) is 0 Å². The van der Waals surface area contributed by atoms with Gasteiger partial charge >= 0.3 is 5.97 Å². The molecule has 0 amide bonds. The number of ether oxygens (including phenoxy) is 2. The maximum atomic E-state index is 12.1. The van der Waals surface area contributed by atoms with Gasteiger partial charge in [-0.15, -0.1) is 0 Å². The summed E-state index contributed by atoms with van der Waals surface area (Å²) in [5, 5.41) is 4.42. The van der Waals surface area contributed by atoms with Gasteiger partial charge in [-0.3, -0.25) is 0 Å². The molecule has 0 aromatic heterocycles. The van der Waals surface area contributed by atoms with Crippen molar-refractivity contribution in [2.75, 3.05) is 6.61 Å². The molecular weight excluding hydrogens is 360 g/mol. The number of hydrogen-bond donors (Lipinski definition) is 0. The molecule has 1 unspecified atom stereocenters. The molecule has 3 aromatic rings. The lowest BCUT2D eigenvalue weighted by Gasteiger charge is -2.20. The van der Waals surface area contributed by atoms with Crippen molar-refractivity contribution in [3.63, 3.8) is 0 Å². The van der Waals surface area contributed by atoms with E-state index in [1.165, 1.54) is 12.8 Å². The molecule has 0 fully saturated rings. The summed E-state index contributed by atoms with van der Waals surface area (Å²) in [5.74, 6) is 0.500. The Balaban J connectivity index is 1.84. The van der Waals surface area contributed by atoms with Crippen molar-refractivity contribution in [2.45, 2.75) is 52.1 Å². The molecule has 0 N–H and O–H groups in total. The van der Waals surface area contributed by atoms with Crippen molar-refractivity contribution >= 4 is 27.5 Å². The highest BCUT2D eigenvalue weighted by Gasteiger charge is 2.17. The molecule has 3 nitrogen and oxygen atoms in total. The Labute approximate surface area is 173 Å². The van der Waals surface area contributed by atoms with Crippen LogP contribution in [-0.4, -0.2) is 18.7 Å². The highest BCUT2D eigenvalue weighted by Crippen LogP contribution is 2.35. The SMILES string of the molecule is C=C(C)C(=O)OC(CCCCCC)COc1c2ccccc2cc2ccccc12. The second-order valence-corrected chi connectivity index (χ2v) is 7.62. The average molecular weight is 391 g/mol. The lowest BCUT2D eigenvalue weighted by Crippen LogP contribution is -2.25. The molecule has 0 saturated carbocycles. The molecule has 152 valence electrons. The first-order valence-corrected chi connectivity index (χ1v) is 10.5. The molecule has 0 heterocycles. The molecule has 0 radical (unpaired) electrons. The van der Waals surface area contributed by atoms with E-state index in [1.807, 2.05) is 24.3 Å². The Hall–Kier alpha value is -2.81. The zero-order chi connectivity index (χ0) is 20.6. The largest absolute Gasteiger partial charge is 0.488 e. The van der Waals surface area contributed by atoms with Crippen LogP contribution in [0.25, 0.3) is 21.5 Å². The lowest BCUT2D eigenvalue weighted by atomic mass is 10.0. The first-order valence-electron chi connectivity index (χ1n) is 10.5. The van der Waals surface area contributed by atoms with E-state index in [1.54, 1.807) is 6.92 Å². The van der Waals surface area contributed by atoms with Gasteiger partial charge in [-0.1, -0.05) is 81.3 Å². The molecular formula is C26H30O3. The van der Waals surface area contributed by atoms with Crippen molar-refractivity contribution in [3.8, 4) is 5.75 Å². The molecule has 29 heavy (non-hydrogen) atoms. The van der Waals surface area contributed by atoms with Crippen LogP contribution in [-0.2, 0) is 9.53 Å². The van der Waals surface area contributed by atoms with Crippen molar-refractivity contribution in [2.24, 2.45) is 0 Å². The van der Waals surface area contributed by atoms with Crippen LogP contribution >= 0.6 is 0 Å². The number of carbonyl (C=O) groups excluding carboxylic acids is 1. The van der Waals surface area contributed by atoms with Crippen LogP contribution in [0.4, 0.5) is 0 Å². The number of carbonyl (C=O) groups is 1. The molecule has 0 aliphatic carbocycles. The highest BCUT2D eigenvalue weighted by atomic mass is 16.6. The minimum absolute atomic E-state index is 0.284. The second-order valence-electron chi connectivity index (χ2n) is 7.62. The summed E-state index contributed by atoms with van der Waals surface area (Å²) >= 11 is 0. The Bertz CT molecular complexity index is 936. The third-order valence-electron chi connectivity index (χ3n) is 5.14. The van der Waals surface area contributed by atoms with Crippen LogP contribution in [0, 0.1) is 0 Å². The van der Waals surface area contributed by atoms with E-state index in [2.05, 4.69) is 43.8 Å². The Morgan fingerprint density at radius 2 is 1.59 bits per heavy atom. The summed E-state index contributed by atoms with van der Waals surface area (Å²) in [7, 11) is 0. The summed E-state index contributed by atoms with van der Waals surface area (Å²) < 4.78 is 12.0. The molecule has 0 spiro atoms. The highest BCUT2D eigenvalue weighted by molar-refractivity contribution is 6.05. The van der Waals surface area contributed by atoms with E-state index in [4.69, 9.17) is 9.47 Å². The first-order chi connectivity index (χ1) is 14.1. The zero-order valence-electron chi connectivity index (χ0n) is 17.4. The van der Waals surface area contributed by atoms with Crippen LogP contribution < -0.4 is 4.74 Å². The van der Waals surface area contributed by atoms with Crippen molar-refractivity contribution in [1.82, 2.24) is 0 Å². The van der Waals surface area contributed by atoms with Crippen LogP contribution in [0.3, 0.4) is 0 Å². The summed E-state index contributed by atoms with van der Waals surface area (Å²) in [5.41, 5.74) is 0.416. The molecule has 3 rings (SSSR count). The molecule has 0 aliphatic heterocycles. The summed E-state index contributed by atoms with van der Waals surface area (Å²) in [6.07, 6.45) is 5.02. The smallest absolute Gasteiger partial charge is 0.333 e. The van der Waals surface area contributed by atoms with E-state index in [0.29, 0.717) is 12.2 Å². The fraction of sp³-hybridized carbons (Fsp3) is 0.346. The minimum Gasteiger partial charge on any atom is -0.488 e. The monoisotopic (exact) mass is 390 g/mol. The normalized spacial score (nSPS) is 12.1. The summed E-state index contributed by atoms with van der Waals surface area (Å²) in [4.78, 5) is 12.1. The van der Waals surface area contributed by atoms with Gasteiger partial charge in [0.1, 0.15) is 18.5 Å². The Morgan fingerprint density at radius 3 is 2.17 bits per heavy atom. The molecule has 0 bridgehead atoms. The number of benzene rings is 3. The van der Waals surface area contributed by atoms with Gasteiger partial charge < -0.3 is 9.47 Å². The first kappa shape index (κ1) is 20.9. The third kappa shape index (κ3) is 5.38. The van der Waals surface area contributed by atoms with E-state index >= 15 is 0 Å². The molecule has 3 heteroatoms. The summed E-state index contributed by atoms with van der Waals surface area (Å²) in [6, 6.07) is 18.6. The van der Waals surface area contributed by atoms with Crippen LogP contribution in [0.5, 0.6) is 5.75 Å². The minimum atomic E-state index is -0.350. The topological polar surface area (TPSA) is 35.5 Å². The number of rotatable bonds is 10. The molecule has 3 aromatic carbocycles. The number of hydrogen-bond acceptors (Lipinski definition) is 3. The summed E-state index contributed by atoms with van der Waals surface area (Å²) in [6.45, 7) is 7.90. The lowest BCUT2D eigenvalue weighted by molar-refractivity contribution is -0.146. The van der Waals surface area contributed by atoms with Gasteiger partial charge in [0.2, 0.25) is 0 Å². The maximum Gasteiger partial charge on any atom is 0.333 e. The van der Waals surface area contributed by atoms with Crippen molar-refractivity contribution < 1.29 is 14.3 Å². The van der Waals surface area contributed by atoms with Gasteiger partial charge in [0.25, 0.3) is 0 Å². The van der Waals surface area contributed by atoms with Crippen LogP contribution in [0.2, 0.25) is 0 Å². The fourth-order valence-electron chi connectivity index (χ4n) is 3.53. The quantitative estimate of drug-likeness (QED) is 0.165. The number of esters is 1. The van der Waals surface area contributed by atoms with Gasteiger partial charge in [0.15, 0.2) is 0 Å². The predicted octanol–water partition coefficient (Wildman–Crippen LogP) is 6.83. The Morgan fingerprint density at radius 1 is 0.966 bits per heavy atom. The second kappa shape index (κ2) is 10.1. The van der Waals surface area contributed by atoms with Gasteiger partial charge in [-0.25, -0.2) is 4.79 Å². The zero-order valence-corrected chi connectivity index (χ0v) is 17.4.